The van der Waals surface area contributed by atoms with Crippen LogP contribution in [-0.4, -0.2) is 22.1 Å². The van der Waals surface area contributed by atoms with E-state index in [1.165, 1.54) is 10.6 Å². The van der Waals surface area contributed by atoms with Crippen LogP contribution in [0.1, 0.15) is 5.82 Å². The molecule has 2 amide bonds. The second-order valence-electron chi connectivity index (χ2n) is 3.83. The third-order valence-electron chi connectivity index (χ3n) is 2.63. The molecule has 2 aromatic rings. The molecule has 0 saturated carbocycles. The van der Waals surface area contributed by atoms with Crippen molar-refractivity contribution in [3.8, 4) is 0 Å². The van der Waals surface area contributed by atoms with Crippen molar-refractivity contribution in [2.45, 2.75) is 12.4 Å². The quantitative estimate of drug-likeness (QED) is 0.841. The molecule has 102 valence electrons. The van der Waals surface area contributed by atoms with Gasteiger partial charge in [-0.2, -0.15) is 0 Å². The standard InChI is InChI=1S/C11H11ClF2N4O/c12-5-8-17-7-2-1-6(13)9(14)10(7)18(8)4-3-16-11(15)19/h1-2H,3-5H2,(H3,15,16,19). The number of rotatable bonds is 4. The highest BCUT2D eigenvalue weighted by molar-refractivity contribution is 6.16. The van der Waals surface area contributed by atoms with E-state index in [0.717, 1.165) is 6.07 Å². The Kier molecular flexibility index (Phi) is 3.84. The third-order valence-corrected chi connectivity index (χ3v) is 2.87. The van der Waals surface area contributed by atoms with Gasteiger partial charge in [-0.05, 0) is 12.1 Å². The highest BCUT2D eigenvalue weighted by atomic mass is 35.5. The Morgan fingerprint density at radius 1 is 1.47 bits per heavy atom. The van der Waals surface area contributed by atoms with E-state index in [1.807, 2.05) is 0 Å². The molecule has 2 rings (SSSR count). The van der Waals surface area contributed by atoms with Crippen LogP contribution >= 0.6 is 11.6 Å². The highest BCUT2D eigenvalue weighted by Crippen LogP contribution is 2.22. The zero-order valence-electron chi connectivity index (χ0n) is 9.79. The number of nitrogens with zero attached hydrogens (tertiary/aromatic N) is 2. The predicted molar refractivity (Wildman–Crippen MR) is 66.8 cm³/mol. The van der Waals surface area contributed by atoms with Crippen molar-refractivity contribution in [1.29, 1.82) is 0 Å². The molecule has 0 fully saturated rings. The van der Waals surface area contributed by atoms with Gasteiger partial charge in [0, 0.05) is 13.1 Å². The van der Waals surface area contributed by atoms with Gasteiger partial charge < -0.3 is 15.6 Å². The summed E-state index contributed by atoms with van der Waals surface area (Å²) in [5, 5.41) is 2.36. The molecule has 1 heterocycles. The van der Waals surface area contributed by atoms with Crippen molar-refractivity contribution in [2.24, 2.45) is 5.73 Å². The van der Waals surface area contributed by atoms with E-state index in [2.05, 4.69) is 10.3 Å². The van der Waals surface area contributed by atoms with Gasteiger partial charge in [-0.15, -0.1) is 11.6 Å². The fourth-order valence-corrected chi connectivity index (χ4v) is 2.04. The van der Waals surface area contributed by atoms with Crippen molar-refractivity contribution in [2.75, 3.05) is 6.54 Å². The third kappa shape index (κ3) is 2.60. The molecule has 0 saturated heterocycles. The number of fused-ring (bicyclic) bond motifs is 1. The average molecular weight is 289 g/mol. The summed E-state index contributed by atoms with van der Waals surface area (Å²) in [6.07, 6.45) is 0. The van der Waals surface area contributed by atoms with Crippen LogP contribution in [0, 0.1) is 11.6 Å². The first-order chi connectivity index (χ1) is 9.04. The predicted octanol–water partition coefficient (Wildman–Crippen LogP) is 1.72. The van der Waals surface area contributed by atoms with E-state index in [0.29, 0.717) is 11.3 Å². The van der Waals surface area contributed by atoms with Gasteiger partial charge in [0.25, 0.3) is 0 Å². The summed E-state index contributed by atoms with van der Waals surface area (Å²) < 4.78 is 28.5. The molecule has 5 nitrogen and oxygen atoms in total. The molecule has 19 heavy (non-hydrogen) atoms. The second-order valence-corrected chi connectivity index (χ2v) is 4.10. The highest BCUT2D eigenvalue weighted by Gasteiger charge is 2.16. The van der Waals surface area contributed by atoms with Crippen LogP contribution in [0.4, 0.5) is 13.6 Å². The van der Waals surface area contributed by atoms with Crippen molar-refractivity contribution in [1.82, 2.24) is 14.9 Å². The van der Waals surface area contributed by atoms with Gasteiger partial charge in [0.2, 0.25) is 0 Å². The lowest BCUT2D eigenvalue weighted by Crippen LogP contribution is -2.32. The number of halogens is 3. The Balaban J connectivity index is 2.44. The van der Waals surface area contributed by atoms with E-state index >= 15 is 0 Å². The Labute approximate surface area is 112 Å². The van der Waals surface area contributed by atoms with Gasteiger partial charge in [0.05, 0.1) is 11.4 Å². The normalized spacial score (nSPS) is 10.9. The first kappa shape index (κ1) is 13.5. The maximum Gasteiger partial charge on any atom is 0.312 e. The monoisotopic (exact) mass is 288 g/mol. The number of amides is 2. The minimum Gasteiger partial charge on any atom is -0.352 e. The lowest BCUT2D eigenvalue weighted by atomic mass is 10.3. The Bertz CT molecular complexity index is 629. The molecule has 0 atom stereocenters. The fraction of sp³-hybridized carbons (Fsp3) is 0.273. The maximum atomic E-state index is 13.8. The van der Waals surface area contributed by atoms with Crippen LogP contribution in [0.2, 0.25) is 0 Å². The van der Waals surface area contributed by atoms with Gasteiger partial charge in [-0.25, -0.2) is 18.6 Å². The number of urea groups is 1. The van der Waals surface area contributed by atoms with Gasteiger partial charge in [0.1, 0.15) is 11.3 Å². The zero-order chi connectivity index (χ0) is 14.0. The average Bonchev–Trinajstić information content (AvgIpc) is 2.72. The summed E-state index contributed by atoms with van der Waals surface area (Å²) in [5.41, 5.74) is 5.28. The topological polar surface area (TPSA) is 72.9 Å². The number of benzene rings is 1. The lowest BCUT2D eigenvalue weighted by Gasteiger charge is -2.08. The Morgan fingerprint density at radius 2 is 2.21 bits per heavy atom. The number of carbonyl (C=O) groups is 1. The minimum absolute atomic E-state index is 0.0296. The molecule has 1 aromatic heterocycles. The van der Waals surface area contributed by atoms with E-state index in [4.69, 9.17) is 17.3 Å². The Morgan fingerprint density at radius 3 is 2.84 bits per heavy atom. The summed E-state index contributed by atoms with van der Waals surface area (Å²) in [7, 11) is 0. The summed E-state index contributed by atoms with van der Waals surface area (Å²) in [6, 6.07) is 1.69. The van der Waals surface area contributed by atoms with Crippen LogP contribution in [0.15, 0.2) is 12.1 Å². The van der Waals surface area contributed by atoms with Crippen LogP contribution in [0.25, 0.3) is 11.0 Å². The number of aromatic nitrogens is 2. The second kappa shape index (κ2) is 5.40. The molecule has 0 unspecified atom stereocenters. The summed E-state index contributed by atoms with van der Waals surface area (Å²) in [6.45, 7) is 0.364. The first-order valence-corrected chi connectivity index (χ1v) is 6.00. The number of primary amides is 1. The van der Waals surface area contributed by atoms with Crippen LogP contribution in [-0.2, 0) is 12.4 Å². The molecular formula is C11H11ClF2N4O. The van der Waals surface area contributed by atoms with Gasteiger partial charge in [-0.1, -0.05) is 0 Å². The van der Waals surface area contributed by atoms with Crippen molar-refractivity contribution < 1.29 is 13.6 Å². The van der Waals surface area contributed by atoms with Crippen LogP contribution < -0.4 is 11.1 Å². The van der Waals surface area contributed by atoms with Gasteiger partial charge >= 0.3 is 6.03 Å². The van der Waals surface area contributed by atoms with Crippen LogP contribution in [0.3, 0.4) is 0 Å². The molecule has 0 spiro atoms. The number of nitrogens with two attached hydrogens (primary N) is 1. The van der Waals surface area contributed by atoms with Gasteiger partial charge in [0.15, 0.2) is 11.6 Å². The molecular weight excluding hydrogens is 278 g/mol. The molecule has 0 radical (unpaired) electrons. The number of hydrogen-bond acceptors (Lipinski definition) is 2. The largest absolute Gasteiger partial charge is 0.352 e. The number of alkyl halides is 1. The number of hydrogen-bond donors (Lipinski definition) is 2. The molecule has 8 heteroatoms. The van der Waals surface area contributed by atoms with Crippen molar-refractivity contribution in [3.05, 3.63) is 29.6 Å². The lowest BCUT2D eigenvalue weighted by molar-refractivity contribution is 0.248. The molecule has 0 aliphatic heterocycles. The van der Waals surface area contributed by atoms with E-state index in [9.17, 15) is 13.6 Å². The van der Waals surface area contributed by atoms with Crippen LogP contribution in [0.5, 0.6) is 0 Å². The molecule has 0 aliphatic rings. The Hall–Kier alpha value is -1.89. The smallest absolute Gasteiger partial charge is 0.312 e. The van der Waals surface area contributed by atoms with Crippen molar-refractivity contribution in [3.63, 3.8) is 0 Å². The number of imidazole rings is 1. The SMILES string of the molecule is NC(=O)NCCn1c(CCl)nc2ccc(F)c(F)c21. The zero-order valence-corrected chi connectivity index (χ0v) is 10.5. The first-order valence-electron chi connectivity index (χ1n) is 5.47. The van der Waals surface area contributed by atoms with Gasteiger partial charge in [-0.3, -0.25) is 0 Å². The summed E-state index contributed by atoms with van der Waals surface area (Å²) in [5.74, 6) is -1.50. The minimum atomic E-state index is -0.986. The fourth-order valence-electron chi connectivity index (χ4n) is 1.84. The van der Waals surface area contributed by atoms with E-state index < -0.39 is 17.7 Å². The summed E-state index contributed by atoms with van der Waals surface area (Å²) in [4.78, 5) is 14.7. The molecule has 3 N–H and O–H groups in total. The maximum absolute atomic E-state index is 13.8. The molecule has 0 aliphatic carbocycles. The summed E-state index contributed by atoms with van der Waals surface area (Å²) >= 11 is 5.73. The van der Waals surface area contributed by atoms with E-state index in [-0.39, 0.29) is 24.5 Å². The number of carbonyl (C=O) groups excluding carboxylic acids is 1. The molecule has 0 bridgehead atoms. The number of nitrogens with one attached hydrogen (secondary N) is 1. The van der Waals surface area contributed by atoms with Crippen molar-refractivity contribution >= 4 is 28.7 Å². The van der Waals surface area contributed by atoms with E-state index in [1.54, 1.807) is 0 Å². The molecule has 1 aromatic carbocycles.